The predicted octanol–water partition coefficient (Wildman–Crippen LogP) is 4.46. The Morgan fingerprint density at radius 1 is 1.09 bits per heavy atom. The number of carbonyl (C=O) groups is 2. The third-order valence-electron chi connectivity index (χ3n) is 8.33. The first-order chi connectivity index (χ1) is 15.5. The van der Waals surface area contributed by atoms with Gasteiger partial charge in [-0.05, 0) is 68.6 Å². The molecule has 4 fully saturated rings. The van der Waals surface area contributed by atoms with E-state index in [1.54, 1.807) is 25.3 Å². The van der Waals surface area contributed by atoms with Crippen molar-refractivity contribution in [3.8, 4) is 0 Å². The van der Waals surface area contributed by atoms with Crippen LogP contribution >= 0.6 is 11.6 Å². The van der Waals surface area contributed by atoms with Crippen LogP contribution in [0.5, 0.6) is 0 Å². The van der Waals surface area contributed by atoms with E-state index in [2.05, 4.69) is 17.1 Å². The topological polar surface area (TPSA) is 61.9 Å². The van der Waals surface area contributed by atoms with Gasteiger partial charge in [0, 0.05) is 30.8 Å². The molecule has 6 nitrogen and oxygen atoms in total. The Bertz CT molecular complexity index is 872. The van der Waals surface area contributed by atoms with Gasteiger partial charge < -0.3 is 15.0 Å². The standard InChI is InChI=1S/C25H34ClN3O3/c1-15-9-11-17(12-10-15)28-23-19-7-4-8-21(32-2)22(19)27-14-20(23)24(30)29(25(28)31)18-6-3-5-16(26)13-18/h3,5-6,13,15,17,19-23,27H,4,7-12,14H2,1-2H3. The number of hydrogen-bond acceptors (Lipinski definition) is 4. The second-order valence-electron chi connectivity index (χ2n) is 10.2. The fourth-order valence-electron chi connectivity index (χ4n) is 6.71. The molecule has 5 unspecified atom stereocenters. The maximum atomic E-state index is 14.0. The van der Waals surface area contributed by atoms with Crippen molar-refractivity contribution in [1.29, 1.82) is 0 Å². The number of ether oxygens (including phenoxy) is 1. The van der Waals surface area contributed by atoms with Gasteiger partial charge in [-0.2, -0.15) is 0 Å². The number of nitrogens with zero attached hydrogens (tertiary/aromatic N) is 2. The van der Waals surface area contributed by atoms with Crippen molar-refractivity contribution in [1.82, 2.24) is 10.2 Å². The van der Waals surface area contributed by atoms with E-state index in [-0.39, 0.29) is 48.0 Å². The van der Waals surface area contributed by atoms with E-state index < -0.39 is 0 Å². The molecule has 7 heteroatoms. The average molecular weight is 460 g/mol. The summed E-state index contributed by atoms with van der Waals surface area (Å²) in [5.74, 6) is 0.582. The van der Waals surface area contributed by atoms with Crippen molar-refractivity contribution in [3.63, 3.8) is 0 Å². The van der Waals surface area contributed by atoms with E-state index in [1.165, 1.54) is 4.90 Å². The Hall–Kier alpha value is -1.63. The lowest BCUT2D eigenvalue weighted by molar-refractivity contribution is -0.132. The number of fused-ring (bicyclic) bond motifs is 3. The number of carbonyl (C=O) groups excluding carboxylic acids is 2. The maximum Gasteiger partial charge on any atom is 0.331 e. The maximum absolute atomic E-state index is 14.0. The van der Waals surface area contributed by atoms with Crippen LogP contribution in [0.1, 0.15) is 51.9 Å². The number of amides is 3. The van der Waals surface area contributed by atoms with Crippen LogP contribution in [0.4, 0.5) is 10.5 Å². The number of imide groups is 1. The Morgan fingerprint density at radius 2 is 1.88 bits per heavy atom. The van der Waals surface area contributed by atoms with Gasteiger partial charge in [0.25, 0.3) is 0 Å². The molecule has 2 heterocycles. The second kappa shape index (κ2) is 8.96. The molecule has 2 saturated heterocycles. The zero-order valence-electron chi connectivity index (χ0n) is 19.0. The monoisotopic (exact) mass is 459 g/mol. The molecule has 0 bridgehead atoms. The van der Waals surface area contributed by atoms with Gasteiger partial charge in [-0.15, -0.1) is 0 Å². The van der Waals surface area contributed by atoms with Crippen molar-refractivity contribution >= 4 is 29.2 Å². The smallest absolute Gasteiger partial charge is 0.331 e. The molecule has 0 spiro atoms. The summed E-state index contributed by atoms with van der Waals surface area (Å²) in [4.78, 5) is 31.3. The van der Waals surface area contributed by atoms with Crippen molar-refractivity contribution in [2.75, 3.05) is 18.6 Å². The van der Waals surface area contributed by atoms with Crippen molar-refractivity contribution in [3.05, 3.63) is 29.3 Å². The molecule has 174 valence electrons. The summed E-state index contributed by atoms with van der Waals surface area (Å²) in [6.45, 7) is 2.87. The number of nitrogens with one attached hydrogen (secondary N) is 1. The van der Waals surface area contributed by atoms with Gasteiger partial charge in [0.2, 0.25) is 5.91 Å². The van der Waals surface area contributed by atoms with E-state index in [9.17, 15) is 9.59 Å². The molecule has 3 amide bonds. The molecule has 2 aliphatic heterocycles. The highest BCUT2D eigenvalue weighted by Crippen LogP contribution is 2.44. The number of halogens is 1. The average Bonchev–Trinajstić information content (AvgIpc) is 2.79. The molecular formula is C25H34ClN3O3. The number of urea groups is 1. The summed E-state index contributed by atoms with van der Waals surface area (Å²) in [6.07, 6.45) is 7.53. The highest BCUT2D eigenvalue weighted by Gasteiger charge is 2.56. The van der Waals surface area contributed by atoms with Crippen LogP contribution in [-0.4, -0.2) is 54.7 Å². The molecule has 2 aliphatic carbocycles. The molecule has 1 aromatic carbocycles. The molecule has 5 atom stereocenters. The molecule has 2 saturated carbocycles. The Kier molecular flexibility index (Phi) is 6.21. The lowest BCUT2D eigenvalue weighted by Crippen LogP contribution is -2.74. The first kappa shape index (κ1) is 22.2. The summed E-state index contributed by atoms with van der Waals surface area (Å²) in [5.41, 5.74) is 0.570. The third kappa shape index (κ3) is 3.74. The number of methoxy groups -OCH3 is 1. The van der Waals surface area contributed by atoms with Crippen LogP contribution in [0, 0.1) is 17.8 Å². The first-order valence-corrected chi connectivity index (χ1v) is 12.6. The number of piperidine rings is 1. The molecule has 32 heavy (non-hydrogen) atoms. The lowest BCUT2D eigenvalue weighted by atomic mass is 9.68. The molecule has 4 aliphatic rings. The Morgan fingerprint density at radius 3 is 2.59 bits per heavy atom. The summed E-state index contributed by atoms with van der Waals surface area (Å²) < 4.78 is 5.82. The van der Waals surface area contributed by atoms with E-state index in [0.717, 1.165) is 44.9 Å². The zero-order valence-corrected chi connectivity index (χ0v) is 19.8. The molecule has 0 radical (unpaired) electrons. The van der Waals surface area contributed by atoms with E-state index in [0.29, 0.717) is 23.2 Å². The highest BCUT2D eigenvalue weighted by atomic mass is 35.5. The third-order valence-corrected chi connectivity index (χ3v) is 8.57. The van der Waals surface area contributed by atoms with Gasteiger partial charge in [0.15, 0.2) is 0 Å². The fraction of sp³-hybridized carbons (Fsp3) is 0.680. The lowest BCUT2D eigenvalue weighted by Gasteiger charge is -2.57. The largest absolute Gasteiger partial charge is 0.380 e. The summed E-state index contributed by atoms with van der Waals surface area (Å²) in [7, 11) is 1.78. The van der Waals surface area contributed by atoms with E-state index in [1.807, 2.05) is 6.07 Å². The number of anilines is 1. The highest BCUT2D eigenvalue weighted by molar-refractivity contribution is 6.31. The molecule has 5 rings (SSSR count). The summed E-state index contributed by atoms with van der Waals surface area (Å²) in [5, 5.41) is 4.17. The van der Waals surface area contributed by atoms with Crippen LogP contribution < -0.4 is 10.2 Å². The van der Waals surface area contributed by atoms with Crippen LogP contribution in [0.2, 0.25) is 5.02 Å². The minimum atomic E-state index is -0.247. The minimum absolute atomic E-state index is 0.0620. The van der Waals surface area contributed by atoms with Crippen molar-refractivity contribution < 1.29 is 14.3 Å². The number of rotatable bonds is 3. The summed E-state index contributed by atoms with van der Waals surface area (Å²) >= 11 is 6.23. The Balaban J connectivity index is 1.54. The molecule has 1 aromatic rings. The fourth-order valence-corrected chi connectivity index (χ4v) is 6.90. The second-order valence-corrected chi connectivity index (χ2v) is 10.6. The van der Waals surface area contributed by atoms with Crippen molar-refractivity contribution in [2.24, 2.45) is 17.8 Å². The quantitative estimate of drug-likeness (QED) is 0.724. The van der Waals surface area contributed by atoms with Crippen LogP contribution in [0.15, 0.2) is 24.3 Å². The Labute approximate surface area is 195 Å². The van der Waals surface area contributed by atoms with E-state index >= 15 is 0 Å². The van der Waals surface area contributed by atoms with Crippen LogP contribution in [0.3, 0.4) is 0 Å². The van der Waals surface area contributed by atoms with E-state index in [4.69, 9.17) is 16.3 Å². The van der Waals surface area contributed by atoms with Gasteiger partial charge in [-0.25, -0.2) is 9.69 Å². The van der Waals surface area contributed by atoms with Gasteiger partial charge in [0.1, 0.15) is 0 Å². The first-order valence-electron chi connectivity index (χ1n) is 12.2. The van der Waals surface area contributed by atoms with Crippen molar-refractivity contribution in [2.45, 2.75) is 76.1 Å². The number of benzene rings is 1. The molecule has 0 aromatic heterocycles. The van der Waals surface area contributed by atoms with Gasteiger partial charge in [0.05, 0.1) is 23.8 Å². The normalized spacial score (nSPS) is 37.8. The van der Waals surface area contributed by atoms with Gasteiger partial charge in [-0.1, -0.05) is 31.0 Å². The minimum Gasteiger partial charge on any atom is -0.380 e. The SMILES string of the molecule is COC1CCCC2C1NCC1C(=O)N(c3cccc(Cl)c3)C(=O)N(C3CCC(C)CC3)C12. The van der Waals surface area contributed by atoms with Gasteiger partial charge in [-0.3, -0.25) is 4.79 Å². The van der Waals surface area contributed by atoms with Gasteiger partial charge >= 0.3 is 6.03 Å². The molecular weight excluding hydrogens is 426 g/mol. The zero-order chi connectivity index (χ0) is 22.4. The predicted molar refractivity (Wildman–Crippen MR) is 125 cm³/mol. The summed E-state index contributed by atoms with van der Waals surface area (Å²) in [6, 6.07) is 7.25. The van der Waals surface area contributed by atoms with Crippen LogP contribution in [0.25, 0.3) is 0 Å². The van der Waals surface area contributed by atoms with Crippen LogP contribution in [-0.2, 0) is 9.53 Å². The molecule has 1 N–H and O–H groups in total. The number of hydrogen-bond donors (Lipinski definition) is 1.